The lowest BCUT2D eigenvalue weighted by Gasteiger charge is -2.15. The number of aliphatic hydroxyl groups excluding tert-OH is 1. The average molecular weight is 336 g/mol. The molecule has 20 heavy (non-hydrogen) atoms. The SMILES string of the molecule is COc1cccc(C(O)CNc2cccc(C)c2Br)c1. The lowest BCUT2D eigenvalue weighted by Crippen LogP contribution is -2.12. The molecule has 0 saturated carbocycles. The van der Waals surface area contributed by atoms with Crippen LogP contribution in [0.2, 0.25) is 0 Å². The number of benzene rings is 2. The van der Waals surface area contributed by atoms with Crippen LogP contribution in [-0.2, 0) is 0 Å². The van der Waals surface area contributed by atoms with E-state index in [4.69, 9.17) is 4.74 Å². The van der Waals surface area contributed by atoms with Crippen molar-refractivity contribution in [2.45, 2.75) is 13.0 Å². The van der Waals surface area contributed by atoms with Gasteiger partial charge >= 0.3 is 0 Å². The Kier molecular flexibility index (Phi) is 5.04. The van der Waals surface area contributed by atoms with E-state index in [1.807, 2.05) is 49.4 Å². The molecule has 0 radical (unpaired) electrons. The lowest BCUT2D eigenvalue weighted by molar-refractivity contribution is 0.191. The monoisotopic (exact) mass is 335 g/mol. The number of rotatable bonds is 5. The van der Waals surface area contributed by atoms with Crippen LogP contribution < -0.4 is 10.1 Å². The number of aliphatic hydroxyl groups is 1. The summed E-state index contributed by atoms with van der Waals surface area (Å²) in [4.78, 5) is 0. The van der Waals surface area contributed by atoms with Crippen molar-refractivity contribution in [3.8, 4) is 5.75 Å². The predicted octanol–water partition coefficient (Wildman–Crippen LogP) is 3.91. The van der Waals surface area contributed by atoms with Gasteiger partial charge < -0.3 is 15.2 Å². The summed E-state index contributed by atoms with van der Waals surface area (Å²) in [5, 5.41) is 13.5. The Hall–Kier alpha value is -1.52. The van der Waals surface area contributed by atoms with Crippen molar-refractivity contribution in [2.24, 2.45) is 0 Å². The van der Waals surface area contributed by atoms with Crippen LogP contribution in [0.1, 0.15) is 17.2 Å². The van der Waals surface area contributed by atoms with E-state index in [9.17, 15) is 5.11 Å². The van der Waals surface area contributed by atoms with E-state index < -0.39 is 6.10 Å². The van der Waals surface area contributed by atoms with Crippen LogP contribution in [0.5, 0.6) is 5.75 Å². The van der Waals surface area contributed by atoms with E-state index >= 15 is 0 Å². The molecule has 0 spiro atoms. The minimum atomic E-state index is -0.586. The zero-order chi connectivity index (χ0) is 14.5. The highest BCUT2D eigenvalue weighted by Crippen LogP contribution is 2.27. The second-order valence-corrected chi connectivity index (χ2v) is 5.40. The van der Waals surface area contributed by atoms with Crippen molar-refractivity contribution >= 4 is 21.6 Å². The van der Waals surface area contributed by atoms with Gasteiger partial charge in [0.1, 0.15) is 5.75 Å². The van der Waals surface area contributed by atoms with Gasteiger partial charge in [0.25, 0.3) is 0 Å². The Morgan fingerprint density at radius 1 is 1.25 bits per heavy atom. The molecule has 0 fully saturated rings. The molecule has 2 rings (SSSR count). The number of ether oxygens (including phenoxy) is 1. The van der Waals surface area contributed by atoms with Crippen LogP contribution in [0.4, 0.5) is 5.69 Å². The number of hydrogen-bond donors (Lipinski definition) is 2. The van der Waals surface area contributed by atoms with Gasteiger partial charge in [-0.3, -0.25) is 0 Å². The molecule has 0 aliphatic rings. The molecule has 0 saturated heterocycles. The van der Waals surface area contributed by atoms with Crippen molar-refractivity contribution in [1.29, 1.82) is 0 Å². The summed E-state index contributed by atoms with van der Waals surface area (Å²) < 4.78 is 6.19. The summed E-state index contributed by atoms with van der Waals surface area (Å²) in [6.45, 7) is 2.48. The highest BCUT2D eigenvalue weighted by atomic mass is 79.9. The van der Waals surface area contributed by atoms with Crippen LogP contribution in [-0.4, -0.2) is 18.8 Å². The van der Waals surface area contributed by atoms with Gasteiger partial charge in [0.2, 0.25) is 0 Å². The lowest BCUT2D eigenvalue weighted by atomic mass is 10.1. The standard InChI is InChI=1S/C16H18BrNO2/c1-11-5-3-8-14(16(11)17)18-10-15(19)12-6-4-7-13(9-12)20-2/h3-9,15,18-19H,10H2,1-2H3. The van der Waals surface area contributed by atoms with Crippen molar-refractivity contribution < 1.29 is 9.84 Å². The normalized spacial score (nSPS) is 12.0. The van der Waals surface area contributed by atoms with Gasteiger partial charge in [0, 0.05) is 16.7 Å². The zero-order valence-corrected chi connectivity index (χ0v) is 13.1. The average Bonchev–Trinajstić information content (AvgIpc) is 2.48. The number of halogens is 1. The van der Waals surface area contributed by atoms with E-state index in [0.717, 1.165) is 27.0 Å². The third-order valence-electron chi connectivity index (χ3n) is 3.16. The van der Waals surface area contributed by atoms with E-state index in [1.165, 1.54) is 0 Å². The maximum atomic E-state index is 10.2. The Morgan fingerprint density at radius 2 is 2.00 bits per heavy atom. The van der Waals surface area contributed by atoms with Crippen molar-refractivity contribution in [3.05, 3.63) is 58.1 Å². The Morgan fingerprint density at radius 3 is 2.75 bits per heavy atom. The predicted molar refractivity (Wildman–Crippen MR) is 85.3 cm³/mol. The van der Waals surface area contributed by atoms with Gasteiger partial charge in [0.15, 0.2) is 0 Å². The summed E-state index contributed by atoms with van der Waals surface area (Å²) in [5.74, 6) is 0.748. The first-order valence-electron chi connectivity index (χ1n) is 6.43. The Labute approximate surface area is 127 Å². The number of nitrogens with one attached hydrogen (secondary N) is 1. The molecule has 0 heterocycles. The second kappa shape index (κ2) is 6.77. The Balaban J connectivity index is 2.04. The second-order valence-electron chi connectivity index (χ2n) is 4.61. The third-order valence-corrected chi connectivity index (χ3v) is 4.21. The van der Waals surface area contributed by atoms with Gasteiger partial charge in [-0.2, -0.15) is 0 Å². The van der Waals surface area contributed by atoms with Crippen LogP contribution >= 0.6 is 15.9 Å². The quantitative estimate of drug-likeness (QED) is 0.870. The largest absolute Gasteiger partial charge is 0.497 e. The van der Waals surface area contributed by atoms with E-state index in [0.29, 0.717) is 6.54 Å². The molecule has 1 atom stereocenters. The highest BCUT2D eigenvalue weighted by Gasteiger charge is 2.09. The smallest absolute Gasteiger partial charge is 0.119 e. The fourth-order valence-electron chi connectivity index (χ4n) is 1.96. The number of aryl methyl sites for hydroxylation is 1. The van der Waals surface area contributed by atoms with E-state index in [-0.39, 0.29) is 0 Å². The molecule has 0 aliphatic carbocycles. The van der Waals surface area contributed by atoms with Crippen LogP contribution in [0.25, 0.3) is 0 Å². The topological polar surface area (TPSA) is 41.5 Å². The molecule has 2 N–H and O–H groups in total. The minimum Gasteiger partial charge on any atom is -0.497 e. The first-order chi connectivity index (χ1) is 9.61. The molecule has 2 aromatic carbocycles. The van der Waals surface area contributed by atoms with Gasteiger partial charge in [0.05, 0.1) is 13.2 Å². The molecule has 1 unspecified atom stereocenters. The zero-order valence-electron chi connectivity index (χ0n) is 11.6. The van der Waals surface area contributed by atoms with Gasteiger partial charge in [-0.1, -0.05) is 24.3 Å². The number of hydrogen-bond acceptors (Lipinski definition) is 3. The van der Waals surface area contributed by atoms with E-state index in [2.05, 4.69) is 21.2 Å². The molecule has 3 nitrogen and oxygen atoms in total. The minimum absolute atomic E-state index is 0.440. The fraction of sp³-hybridized carbons (Fsp3) is 0.250. The number of methoxy groups -OCH3 is 1. The maximum absolute atomic E-state index is 10.2. The van der Waals surface area contributed by atoms with Crippen molar-refractivity contribution in [1.82, 2.24) is 0 Å². The summed E-state index contributed by atoms with van der Waals surface area (Å²) >= 11 is 3.55. The molecule has 0 amide bonds. The molecular weight excluding hydrogens is 318 g/mol. The molecule has 2 aromatic rings. The first kappa shape index (κ1) is 14.9. The van der Waals surface area contributed by atoms with Gasteiger partial charge in [-0.25, -0.2) is 0 Å². The maximum Gasteiger partial charge on any atom is 0.119 e. The summed E-state index contributed by atoms with van der Waals surface area (Å²) in [5.41, 5.74) is 2.97. The first-order valence-corrected chi connectivity index (χ1v) is 7.22. The Bertz CT molecular complexity index is 586. The number of anilines is 1. The van der Waals surface area contributed by atoms with Gasteiger partial charge in [-0.05, 0) is 52.2 Å². The molecule has 0 bridgehead atoms. The molecule has 0 aromatic heterocycles. The third kappa shape index (κ3) is 3.52. The fourth-order valence-corrected chi connectivity index (χ4v) is 2.36. The van der Waals surface area contributed by atoms with Crippen molar-refractivity contribution in [3.63, 3.8) is 0 Å². The van der Waals surface area contributed by atoms with E-state index in [1.54, 1.807) is 7.11 Å². The van der Waals surface area contributed by atoms with Crippen LogP contribution in [0.3, 0.4) is 0 Å². The molecular formula is C16H18BrNO2. The van der Waals surface area contributed by atoms with Crippen molar-refractivity contribution in [2.75, 3.05) is 19.0 Å². The molecule has 0 aliphatic heterocycles. The summed E-state index contributed by atoms with van der Waals surface area (Å²) in [6.07, 6.45) is -0.586. The summed E-state index contributed by atoms with van der Waals surface area (Å²) in [7, 11) is 1.62. The van der Waals surface area contributed by atoms with Crippen LogP contribution in [0.15, 0.2) is 46.9 Å². The highest BCUT2D eigenvalue weighted by molar-refractivity contribution is 9.10. The van der Waals surface area contributed by atoms with Gasteiger partial charge in [-0.15, -0.1) is 0 Å². The molecule has 106 valence electrons. The van der Waals surface area contributed by atoms with Crippen LogP contribution in [0, 0.1) is 6.92 Å². The summed E-state index contributed by atoms with van der Waals surface area (Å²) in [6, 6.07) is 13.5. The molecule has 4 heteroatoms.